The number of hydrogen-bond donors (Lipinski definition) is 2. The maximum Gasteiger partial charge on any atom is 0.246 e. The lowest BCUT2D eigenvalue weighted by atomic mass is 10.1. The van der Waals surface area contributed by atoms with Crippen molar-refractivity contribution in [1.82, 2.24) is 10.6 Å². The zero-order chi connectivity index (χ0) is 20.3. The van der Waals surface area contributed by atoms with Crippen LogP contribution in [-0.4, -0.2) is 25.7 Å². The molecule has 28 heavy (non-hydrogen) atoms. The van der Waals surface area contributed by atoms with E-state index in [0.717, 1.165) is 12.1 Å². The second kappa shape index (κ2) is 8.26. The Labute approximate surface area is 164 Å². The molecule has 6 nitrogen and oxygen atoms in total. The summed E-state index contributed by atoms with van der Waals surface area (Å²) >= 11 is 6.08. The van der Waals surface area contributed by atoms with Crippen molar-refractivity contribution >= 4 is 29.5 Å². The van der Waals surface area contributed by atoms with E-state index < -0.39 is 29.5 Å². The van der Waals surface area contributed by atoms with Crippen molar-refractivity contribution in [2.75, 3.05) is 13.8 Å². The standard InChI is InChI=1S/C19H15ClF2N2O4/c1-23-19(26)17(11-3-4-13(21)14(22)8-11)24-16(25)5-2-10-6-12(20)18-15(7-10)27-9-28-18/h2-8,17H,9H2,1H3,(H,23,26)(H,24,25)/b5-2+. The van der Waals surface area contributed by atoms with Crippen LogP contribution in [0.15, 0.2) is 36.4 Å². The maximum atomic E-state index is 13.5. The number of amides is 2. The normalized spacial score (nSPS) is 13.4. The Balaban J connectivity index is 1.77. The van der Waals surface area contributed by atoms with E-state index in [9.17, 15) is 18.4 Å². The van der Waals surface area contributed by atoms with Crippen LogP contribution in [0.4, 0.5) is 8.78 Å². The third kappa shape index (κ3) is 4.23. The number of fused-ring (bicyclic) bond motifs is 1. The van der Waals surface area contributed by atoms with E-state index in [1.807, 2.05) is 0 Å². The fourth-order valence-corrected chi connectivity index (χ4v) is 2.86. The van der Waals surface area contributed by atoms with Gasteiger partial charge in [0.05, 0.1) is 5.02 Å². The van der Waals surface area contributed by atoms with Crippen LogP contribution in [0.3, 0.4) is 0 Å². The molecule has 0 saturated carbocycles. The van der Waals surface area contributed by atoms with Crippen LogP contribution in [0.25, 0.3) is 6.08 Å². The van der Waals surface area contributed by atoms with E-state index in [1.165, 1.54) is 25.3 Å². The molecule has 1 heterocycles. The molecule has 3 rings (SSSR count). The highest BCUT2D eigenvalue weighted by Crippen LogP contribution is 2.40. The topological polar surface area (TPSA) is 76.7 Å². The van der Waals surface area contributed by atoms with Crippen LogP contribution >= 0.6 is 11.6 Å². The van der Waals surface area contributed by atoms with Crippen LogP contribution in [0.1, 0.15) is 17.2 Å². The Morgan fingerprint density at radius 2 is 1.96 bits per heavy atom. The molecule has 1 atom stereocenters. The van der Waals surface area contributed by atoms with Crippen molar-refractivity contribution in [2.24, 2.45) is 0 Å². The van der Waals surface area contributed by atoms with Gasteiger partial charge in [-0.1, -0.05) is 17.7 Å². The van der Waals surface area contributed by atoms with Crippen LogP contribution in [-0.2, 0) is 9.59 Å². The van der Waals surface area contributed by atoms with Crippen molar-refractivity contribution in [3.63, 3.8) is 0 Å². The Kier molecular flexibility index (Phi) is 5.79. The summed E-state index contributed by atoms with van der Waals surface area (Å²) in [6.45, 7) is 0.0603. The highest BCUT2D eigenvalue weighted by Gasteiger charge is 2.22. The fourth-order valence-electron chi connectivity index (χ4n) is 2.58. The molecule has 2 N–H and O–H groups in total. The summed E-state index contributed by atoms with van der Waals surface area (Å²) in [6.07, 6.45) is 2.65. The van der Waals surface area contributed by atoms with Gasteiger partial charge in [0.15, 0.2) is 23.1 Å². The van der Waals surface area contributed by atoms with Crippen molar-refractivity contribution in [1.29, 1.82) is 0 Å². The smallest absolute Gasteiger partial charge is 0.246 e. The largest absolute Gasteiger partial charge is 0.454 e. The molecule has 0 aromatic heterocycles. The first-order chi connectivity index (χ1) is 13.4. The lowest BCUT2D eigenvalue weighted by molar-refractivity contribution is -0.126. The van der Waals surface area contributed by atoms with Gasteiger partial charge in [-0.3, -0.25) is 9.59 Å². The lowest BCUT2D eigenvalue weighted by Gasteiger charge is -2.17. The number of likely N-dealkylation sites (N-methyl/N-ethyl adjacent to an activating group) is 1. The Hall–Kier alpha value is -3.13. The Morgan fingerprint density at radius 1 is 1.18 bits per heavy atom. The maximum absolute atomic E-state index is 13.5. The van der Waals surface area contributed by atoms with E-state index in [4.69, 9.17) is 21.1 Å². The van der Waals surface area contributed by atoms with Crippen LogP contribution in [0.5, 0.6) is 11.5 Å². The minimum Gasteiger partial charge on any atom is -0.454 e. The number of carbonyl (C=O) groups is 2. The minimum atomic E-state index is -1.20. The molecule has 0 saturated heterocycles. The number of rotatable bonds is 5. The predicted molar refractivity (Wildman–Crippen MR) is 97.9 cm³/mol. The molecule has 1 aliphatic heterocycles. The van der Waals surface area contributed by atoms with Gasteiger partial charge in [0.25, 0.3) is 0 Å². The van der Waals surface area contributed by atoms with Crippen molar-refractivity contribution in [3.8, 4) is 11.5 Å². The molecule has 1 aliphatic rings. The van der Waals surface area contributed by atoms with E-state index in [2.05, 4.69) is 10.6 Å². The molecule has 1 unspecified atom stereocenters. The first-order valence-electron chi connectivity index (χ1n) is 8.13. The van der Waals surface area contributed by atoms with E-state index in [1.54, 1.807) is 12.1 Å². The number of ether oxygens (including phenoxy) is 2. The van der Waals surface area contributed by atoms with Gasteiger partial charge in [0.1, 0.15) is 6.04 Å². The van der Waals surface area contributed by atoms with Gasteiger partial charge in [0.2, 0.25) is 18.6 Å². The molecular weight excluding hydrogens is 394 g/mol. The molecule has 0 spiro atoms. The second-order valence-corrected chi connectivity index (χ2v) is 6.21. The molecular formula is C19H15ClF2N2O4. The van der Waals surface area contributed by atoms with Crippen LogP contribution in [0, 0.1) is 11.6 Å². The summed E-state index contributed by atoms with van der Waals surface area (Å²) < 4.78 is 37.1. The molecule has 9 heteroatoms. The van der Waals surface area contributed by atoms with Gasteiger partial charge in [-0.05, 0) is 41.5 Å². The number of halogens is 3. The first kappa shape index (κ1) is 19.6. The number of nitrogens with one attached hydrogen (secondary N) is 2. The Bertz CT molecular complexity index is 965. The third-order valence-corrected chi connectivity index (χ3v) is 4.23. The van der Waals surface area contributed by atoms with Gasteiger partial charge in [-0.25, -0.2) is 8.78 Å². The van der Waals surface area contributed by atoms with Gasteiger partial charge >= 0.3 is 0 Å². The first-order valence-corrected chi connectivity index (χ1v) is 8.51. The summed E-state index contributed by atoms with van der Waals surface area (Å²) in [5.41, 5.74) is 0.680. The molecule has 0 fully saturated rings. The van der Waals surface area contributed by atoms with Crippen LogP contribution in [0.2, 0.25) is 5.02 Å². The minimum absolute atomic E-state index is 0.0603. The van der Waals surface area contributed by atoms with Gasteiger partial charge < -0.3 is 20.1 Å². The fraction of sp³-hybridized carbons (Fsp3) is 0.158. The zero-order valence-electron chi connectivity index (χ0n) is 14.6. The monoisotopic (exact) mass is 408 g/mol. The van der Waals surface area contributed by atoms with E-state index in [0.29, 0.717) is 22.1 Å². The van der Waals surface area contributed by atoms with E-state index in [-0.39, 0.29) is 12.4 Å². The average molecular weight is 409 g/mol. The molecule has 146 valence electrons. The quantitative estimate of drug-likeness (QED) is 0.746. The van der Waals surface area contributed by atoms with Crippen LogP contribution < -0.4 is 20.1 Å². The number of hydrogen-bond acceptors (Lipinski definition) is 4. The molecule has 2 aromatic carbocycles. The van der Waals surface area contributed by atoms with Crippen molar-refractivity contribution in [2.45, 2.75) is 6.04 Å². The van der Waals surface area contributed by atoms with Gasteiger partial charge in [-0.2, -0.15) is 0 Å². The summed E-state index contributed by atoms with van der Waals surface area (Å²) in [5, 5.41) is 5.16. The number of benzene rings is 2. The van der Waals surface area contributed by atoms with Crippen molar-refractivity contribution in [3.05, 3.63) is 64.2 Å². The zero-order valence-corrected chi connectivity index (χ0v) is 15.3. The third-order valence-electron chi connectivity index (χ3n) is 3.95. The molecule has 0 aliphatic carbocycles. The van der Waals surface area contributed by atoms with Gasteiger partial charge in [-0.15, -0.1) is 0 Å². The highest BCUT2D eigenvalue weighted by atomic mass is 35.5. The molecule has 2 amide bonds. The SMILES string of the molecule is CNC(=O)C(NC(=O)/C=C/c1cc(Cl)c2c(c1)OCO2)c1ccc(F)c(F)c1. The molecule has 2 aromatic rings. The predicted octanol–water partition coefficient (Wildman–Crippen LogP) is 2.96. The Morgan fingerprint density at radius 3 is 2.68 bits per heavy atom. The summed E-state index contributed by atoms with van der Waals surface area (Å²) in [5.74, 6) is -2.48. The molecule has 0 radical (unpaired) electrons. The summed E-state index contributed by atoms with van der Waals surface area (Å²) in [6, 6.07) is 5.00. The lowest BCUT2D eigenvalue weighted by Crippen LogP contribution is -2.38. The molecule has 0 bridgehead atoms. The highest BCUT2D eigenvalue weighted by molar-refractivity contribution is 6.32. The number of carbonyl (C=O) groups excluding carboxylic acids is 2. The summed E-state index contributed by atoms with van der Waals surface area (Å²) in [7, 11) is 1.37. The van der Waals surface area contributed by atoms with E-state index >= 15 is 0 Å². The summed E-state index contributed by atoms with van der Waals surface area (Å²) in [4.78, 5) is 24.3. The van der Waals surface area contributed by atoms with Crippen molar-refractivity contribution < 1.29 is 27.8 Å². The second-order valence-electron chi connectivity index (χ2n) is 5.80. The average Bonchev–Trinajstić information content (AvgIpc) is 3.15. The van der Waals surface area contributed by atoms with Gasteiger partial charge in [0, 0.05) is 13.1 Å².